The fourth-order valence-corrected chi connectivity index (χ4v) is 3.26. The molecule has 0 radical (unpaired) electrons. The average molecular weight is 342 g/mol. The number of imidazole rings is 1. The summed E-state index contributed by atoms with van der Waals surface area (Å²) in [4.78, 5) is 15.3. The minimum atomic E-state index is -1.03. The van der Waals surface area contributed by atoms with Gasteiger partial charge in [0.1, 0.15) is 17.6 Å². The second-order valence-electron chi connectivity index (χ2n) is 6.78. The summed E-state index contributed by atoms with van der Waals surface area (Å²) in [6, 6.07) is 0.210. The van der Waals surface area contributed by atoms with E-state index in [0.29, 0.717) is 25.2 Å². The lowest BCUT2D eigenvalue weighted by Crippen LogP contribution is -2.31. The van der Waals surface area contributed by atoms with E-state index < -0.39 is 5.60 Å². The fourth-order valence-electron chi connectivity index (χ4n) is 3.26. The van der Waals surface area contributed by atoms with E-state index in [1.54, 1.807) is 17.3 Å². The standard InChI is InChI=1S/C16H22N8O/c1-4-22-10-19-13-14(22)17-9-18-15(13)23-6-5-16(25,8-23)12-7-24(11(2)3)21-20-12/h7,9-11,25H,4-6,8H2,1-3H3/t16-/m1/s1. The zero-order valence-electron chi connectivity index (χ0n) is 14.7. The van der Waals surface area contributed by atoms with Gasteiger partial charge in [-0.2, -0.15) is 0 Å². The van der Waals surface area contributed by atoms with Crippen LogP contribution in [-0.2, 0) is 12.1 Å². The Balaban J connectivity index is 1.65. The minimum absolute atomic E-state index is 0.210. The summed E-state index contributed by atoms with van der Waals surface area (Å²) in [5.74, 6) is 0.754. The van der Waals surface area contributed by atoms with Crippen LogP contribution < -0.4 is 4.90 Å². The van der Waals surface area contributed by atoms with Gasteiger partial charge in [-0.15, -0.1) is 5.10 Å². The van der Waals surface area contributed by atoms with Crippen molar-refractivity contribution in [3.8, 4) is 0 Å². The smallest absolute Gasteiger partial charge is 0.165 e. The highest BCUT2D eigenvalue weighted by Gasteiger charge is 2.41. The number of aromatic nitrogens is 7. The second kappa shape index (κ2) is 5.76. The maximum absolute atomic E-state index is 11.1. The van der Waals surface area contributed by atoms with Crippen molar-refractivity contribution in [1.29, 1.82) is 0 Å². The van der Waals surface area contributed by atoms with Gasteiger partial charge in [0.2, 0.25) is 0 Å². The van der Waals surface area contributed by atoms with E-state index in [-0.39, 0.29) is 6.04 Å². The fraction of sp³-hybridized carbons (Fsp3) is 0.562. The van der Waals surface area contributed by atoms with Crippen molar-refractivity contribution >= 4 is 17.0 Å². The minimum Gasteiger partial charge on any atom is -0.381 e. The van der Waals surface area contributed by atoms with Crippen LogP contribution in [0.15, 0.2) is 18.9 Å². The Morgan fingerprint density at radius 3 is 2.84 bits per heavy atom. The summed E-state index contributed by atoms with van der Waals surface area (Å²) in [6.45, 7) is 8.01. The number of fused-ring (bicyclic) bond motifs is 1. The molecule has 1 aliphatic heterocycles. The molecule has 0 unspecified atom stereocenters. The third kappa shape index (κ3) is 2.55. The number of rotatable bonds is 4. The zero-order valence-corrected chi connectivity index (χ0v) is 14.7. The van der Waals surface area contributed by atoms with Gasteiger partial charge in [0, 0.05) is 25.6 Å². The average Bonchev–Trinajstić information content (AvgIpc) is 3.32. The van der Waals surface area contributed by atoms with Crippen molar-refractivity contribution in [2.75, 3.05) is 18.0 Å². The highest BCUT2D eigenvalue weighted by molar-refractivity contribution is 5.83. The molecule has 0 aliphatic carbocycles. The molecule has 3 aromatic heterocycles. The van der Waals surface area contributed by atoms with Crippen LogP contribution in [0.1, 0.15) is 38.9 Å². The van der Waals surface area contributed by atoms with Crippen LogP contribution in [-0.4, -0.2) is 52.7 Å². The predicted molar refractivity (Wildman–Crippen MR) is 92.1 cm³/mol. The van der Waals surface area contributed by atoms with Crippen molar-refractivity contribution in [3.05, 3.63) is 24.5 Å². The number of anilines is 1. The molecule has 0 saturated carbocycles. The number of aryl methyl sites for hydroxylation is 1. The van der Waals surface area contributed by atoms with Crippen molar-refractivity contribution in [3.63, 3.8) is 0 Å². The molecule has 4 rings (SSSR count). The van der Waals surface area contributed by atoms with E-state index >= 15 is 0 Å². The lowest BCUT2D eigenvalue weighted by Gasteiger charge is -2.21. The Bertz CT molecular complexity index is 901. The topological polar surface area (TPSA) is 97.8 Å². The molecule has 0 bridgehead atoms. The van der Waals surface area contributed by atoms with Gasteiger partial charge in [0.05, 0.1) is 19.1 Å². The largest absolute Gasteiger partial charge is 0.381 e. The molecule has 4 heterocycles. The van der Waals surface area contributed by atoms with Crippen LogP contribution in [0.5, 0.6) is 0 Å². The van der Waals surface area contributed by atoms with Gasteiger partial charge in [-0.3, -0.25) is 0 Å². The molecular weight excluding hydrogens is 320 g/mol. The second-order valence-corrected chi connectivity index (χ2v) is 6.78. The SMILES string of the molecule is CCn1cnc2c(N3CC[C@](O)(c4cn(C(C)C)nn4)C3)ncnc21. The van der Waals surface area contributed by atoms with Crippen molar-refractivity contribution in [2.45, 2.75) is 45.4 Å². The maximum atomic E-state index is 11.1. The molecule has 0 spiro atoms. The molecule has 1 atom stereocenters. The first-order chi connectivity index (χ1) is 12.0. The highest BCUT2D eigenvalue weighted by atomic mass is 16.3. The van der Waals surface area contributed by atoms with Gasteiger partial charge in [0.25, 0.3) is 0 Å². The lowest BCUT2D eigenvalue weighted by molar-refractivity contribution is 0.0559. The molecule has 9 heteroatoms. The number of β-amino-alcohol motifs (C(OH)–C–C–N with tert-alkyl or cyclic N) is 1. The first kappa shape index (κ1) is 15.9. The number of aliphatic hydroxyl groups is 1. The van der Waals surface area contributed by atoms with Crippen LogP contribution in [0, 0.1) is 0 Å². The molecule has 0 aromatic carbocycles. The summed E-state index contributed by atoms with van der Waals surface area (Å²) in [7, 11) is 0. The third-order valence-corrected chi connectivity index (χ3v) is 4.79. The Morgan fingerprint density at radius 1 is 1.28 bits per heavy atom. The van der Waals surface area contributed by atoms with Crippen LogP contribution in [0.3, 0.4) is 0 Å². The van der Waals surface area contributed by atoms with E-state index in [9.17, 15) is 5.11 Å². The van der Waals surface area contributed by atoms with Gasteiger partial charge < -0.3 is 14.6 Å². The van der Waals surface area contributed by atoms with Gasteiger partial charge in [-0.25, -0.2) is 19.6 Å². The summed E-state index contributed by atoms with van der Waals surface area (Å²) in [6.07, 6.45) is 5.73. The van der Waals surface area contributed by atoms with Crippen LogP contribution in [0.25, 0.3) is 11.2 Å². The lowest BCUT2D eigenvalue weighted by atomic mass is 10.00. The highest BCUT2D eigenvalue weighted by Crippen LogP contribution is 2.34. The third-order valence-electron chi connectivity index (χ3n) is 4.79. The van der Waals surface area contributed by atoms with Crippen molar-refractivity contribution in [2.24, 2.45) is 0 Å². The van der Waals surface area contributed by atoms with E-state index in [4.69, 9.17) is 0 Å². The quantitative estimate of drug-likeness (QED) is 0.758. The molecule has 132 valence electrons. The Morgan fingerprint density at radius 2 is 2.12 bits per heavy atom. The van der Waals surface area contributed by atoms with E-state index in [1.165, 1.54) is 0 Å². The molecule has 0 amide bonds. The molecule has 1 N–H and O–H groups in total. The molecule has 9 nitrogen and oxygen atoms in total. The van der Waals surface area contributed by atoms with Crippen LogP contribution in [0.2, 0.25) is 0 Å². The summed E-state index contributed by atoms with van der Waals surface area (Å²) < 4.78 is 3.75. The first-order valence-corrected chi connectivity index (χ1v) is 8.57. The van der Waals surface area contributed by atoms with Crippen LogP contribution >= 0.6 is 0 Å². The number of hydrogen-bond acceptors (Lipinski definition) is 7. The Labute approximate surface area is 145 Å². The summed E-state index contributed by atoms with van der Waals surface area (Å²) in [5.41, 5.74) is 1.15. The molecule has 1 aliphatic rings. The van der Waals surface area contributed by atoms with Gasteiger partial charge in [-0.1, -0.05) is 5.21 Å². The molecular formula is C16H22N8O. The molecule has 25 heavy (non-hydrogen) atoms. The predicted octanol–water partition coefficient (Wildman–Crippen LogP) is 1.12. The first-order valence-electron chi connectivity index (χ1n) is 8.57. The van der Waals surface area contributed by atoms with Gasteiger partial charge in [-0.05, 0) is 20.8 Å². The number of hydrogen-bond donors (Lipinski definition) is 1. The maximum Gasteiger partial charge on any atom is 0.165 e. The van der Waals surface area contributed by atoms with Crippen LogP contribution in [0.4, 0.5) is 5.82 Å². The number of nitrogens with zero attached hydrogens (tertiary/aromatic N) is 8. The van der Waals surface area contributed by atoms with E-state index in [2.05, 4.69) is 32.2 Å². The van der Waals surface area contributed by atoms with Gasteiger partial charge in [0.15, 0.2) is 17.0 Å². The van der Waals surface area contributed by atoms with Gasteiger partial charge >= 0.3 is 0 Å². The normalized spacial score (nSPS) is 20.9. The molecule has 1 saturated heterocycles. The molecule has 1 fully saturated rings. The summed E-state index contributed by atoms with van der Waals surface area (Å²) in [5, 5.41) is 19.4. The Hall–Kier alpha value is -2.55. The zero-order chi connectivity index (χ0) is 17.6. The summed E-state index contributed by atoms with van der Waals surface area (Å²) >= 11 is 0. The van der Waals surface area contributed by atoms with Crippen molar-refractivity contribution < 1.29 is 5.11 Å². The Kier molecular flexibility index (Phi) is 3.68. The van der Waals surface area contributed by atoms with Crippen molar-refractivity contribution in [1.82, 2.24) is 34.5 Å². The molecule has 3 aromatic rings. The van der Waals surface area contributed by atoms with E-state index in [1.807, 2.05) is 29.5 Å². The van der Waals surface area contributed by atoms with E-state index in [0.717, 1.165) is 23.5 Å². The monoisotopic (exact) mass is 342 g/mol.